The van der Waals surface area contributed by atoms with Crippen molar-refractivity contribution in [1.29, 1.82) is 0 Å². The first-order chi connectivity index (χ1) is 17.4. The number of hydrogen-bond acceptors (Lipinski definition) is 6. The van der Waals surface area contributed by atoms with Gasteiger partial charge in [-0.05, 0) is 57.9 Å². The summed E-state index contributed by atoms with van der Waals surface area (Å²) in [6, 6.07) is 8.83. The first kappa shape index (κ1) is 24.8. The van der Waals surface area contributed by atoms with E-state index in [4.69, 9.17) is 14.5 Å². The third-order valence-electron chi connectivity index (χ3n) is 6.93. The van der Waals surface area contributed by atoms with Crippen molar-refractivity contribution in [2.24, 2.45) is 4.99 Å². The summed E-state index contributed by atoms with van der Waals surface area (Å²) in [7, 11) is 3.15. The monoisotopic (exact) mass is 504 g/mol. The van der Waals surface area contributed by atoms with Crippen LogP contribution in [0.1, 0.15) is 49.9 Å². The van der Waals surface area contributed by atoms with E-state index in [2.05, 4.69) is 33.0 Å². The van der Waals surface area contributed by atoms with E-state index in [9.17, 15) is 14.4 Å². The van der Waals surface area contributed by atoms with Crippen LogP contribution in [0, 0.1) is 0 Å². The molecule has 5 rings (SSSR count). The lowest BCUT2D eigenvalue weighted by Gasteiger charge is -2.31. The zero-order valence-electron chi connectivity index (χ0n) is 22.1. The van der Waals surface area contributed by atoms with Crippen LogP contribution in [0.15, 0.2) is 35.3 Å². The second kappa shape index (κ2) is 8.61. The van der Waals surface area contributed by atoms with Crippen molar-refractivity contribution in [3.8, 4) is 11.5 Å². The molecule has 2 aromatic rings. The number of benzene rings is 2. The molecule has 0 aliphatic carbocycles. The van der Waals surface area contributed by atoms with Crippen molar-refractivity contribution in [1.82, 2.24) is 10.2 Å². The highest BCUT2D eigenvalue weighted by atomic mass is 16.5. The molecule has 3 aliphatic heterocycles. The number of fused-ring (bicyclic) bond motifs is 3. The Labute approximate surface area is 216 Å². The van der Waals surface area contributed by atoms with Crippen molar-refractivity contribution in [3.63, 3.8) is 0 Å². The van der Waals surface area contributed by atoms with E-state index in [1.807, 2.05) is 24.3 Å². The van der Waals surface area contributed by atoms with Crippen LogP contribution < -0.4 is 19.7 Å². The fourth-order valence-corrected chi connectivity index (χ4v) is 5.40. The molecule has 9 nitrogen and oxygen atoms in total. The summed E-state index contributed by atoms with van der Waals surface area (Å²) in [6.45, 7) is 7.97. The zero-order valence-corrected chi connectivity index (χ0v) is 22.1. The summed E-state index contributed by atoms with van der Waals surface area (Å²) in [4.78, 5) is 45.2. The lowest BCUT2D eigenvalue weighted by atomic mass is 9.81. The van der Waals surface area contributed by atoms with Crippen molar-refractivity contribution in [2.45, 2.75) is 51.7 Å². The highest BCUT2D eigenvalue weighted by Gasteiger charge is 2.41. The second-order valence-electron chi connectivity index (χ2n) is 11.0. The molecule has 0 atom stereocenters. The van der Waals surface area contributed by atoms with Crippen molar-refractivity contribution >= 4 is 29.2 Å². The summed E-state index contributed by atoms with van der Waals surface area (Å²) in [5.41, 5.74) is 4.51. The average molecular weight is 505 g/mol. The third-order valence-corrected chi connectivity index (χ3v) is 6.93. The van der Waals surface area contributed by atoms with Crippen molar-refractivity contribution in [2.75, 3.05) is 32.1 Å². The van der Waals surface area contributed by atoms with Gasteiger partial charge in [-0.15, -0.1) is 0 Å². The minimum absolute atomic E-state index is 0.146. The van der Waals surface area contributed by atoms with E-state index in [-0.39, 0.29) is 36.0 Å². The molecule has 1 N–H and O–H groups in total. The van der Waals surface area contributed by atoms with Crippen LogP contribution in [0.25, 0.3) is 0 Å². The van der Waals surface area contributed by atoms with E-state index in [1.54, 1.807) is 13.2 Å². The molecule has 37 heavy (non-hydrogen) atoms. The number of likely N-dealkylation sites (N-methyl/N-ethyl adjacent to an activating group) is 1. The topological polar surface area (TPSA) is 101 Å². The lowest BCUT2D eigenvalue weighted by molar-refractivity contribution is -0.121. The SMILES string of the molecule is CNC(=O)CN1CC(=O)N(c2cccc(C3=NC(C)(C)Cc4cc(OC)c5c(c43)CC(C)(C)O5)c2)C1=O. The quantitative estimate of drug-likeness (QED) is 0.631. The maximum absolute atomic E-state index is 13.0. The van der Waals surface area contributed by atoms with Gasteiger partial charge in [0, 0.05) is 30.2 Å². The summed E-state index contributed by atoms with van der Waals surface area (Å²) < 4.78 is 12.0. The van der Waals surface area contributed by atoms with Gasteiger partial charge < -0.3 is 19.7 Å². The Morgan fingerprint density at radius 2 is 1.92 bits per heavy atom. The number of methoxy groups -OCH3 is 1. The first-order valence-corrected chi connectivity index (χ1v) is 12.4. The molecule has 1 saturated heterocycles. The number of amides is 4. The van der Waals surface area contributed by atoms with Gasteiger partial charge in [0.15, 0.2) is 11.5 Å². The van der Waals surface area contributed by atoms with Gasteiger partial charge in [0.25, 0.3) is 5.91 Å². The fraction of sp³-hybridized carbons (Fsp3) is 0.429. The lowest BCUT2D eigenvalue weighted by Crippen LogP contribution is -2.39. The first-order valence-electron chi connectivity index (χ1n) is 12.4. The van der Waals surface area contributed by atoms with Gasteiger partial charge >= 0.3 is 6.03 Å². The van der Waals surface area contributed by atoms with Crippen LogP contribution in [-0.4, -0.2) is 66.8 Å². The maximum Gasteiger partial charge on any atom is 0.332 e. The number of urea groups is 1. The molecule has 194 valence electrons. The second-order valence-corrected chi connectivity index (χ2v) is 11.0. The number of imide groups is 1. The predicted octanol–water partition coefficient (Wildman–Crippen LogP) is 3.10. The van der Waals surface area contributed by atoms with Crippen LogP contribution in [0.2, 0.25) is 0 Å². The molecule has 0 unspecified atom stereocenters. The molecule has 0 bridgehead atoms. The van der Waals surface area contributed by atoms with Crippen LogP contribution in [0.3, 0.4) is 0 Å². The van der Waals surface area contributed by atoms with Crippen LogP contribution in [0.5, 0.6) is 11.5 Å². The number of carbonyl (C=O) groups is 3. The normalized spacial score (nSPS) is 19.2. The minimum atomic E-state index is -0.516. The Kier molecular flexibility index (Phi) is 5.77. The van der Waals surface area contributed by atoms with Gasteiger partial charge in [-0.2, -0.15) is 0 Å². The molecule has 3 heterocycles. The van der Waals surface area contributed by atoms with Gasteiger partial charge in [0.2, 0.25) is 5.91 Å². The predicted molar refractivity (Wildman–Crippen MR) is 140 cm³/mol. The van der Waals surface area contributed by atoms with E-state index in [0.29, 0.717) is 12.1 Å². The standard InChI is InChI=1S/C28H32N4O5/c1-27(2)12-17-11-20(36-6)25-19(13-28(3,4)37-25)23(17)24(30-27)16-8-7-9-18(10-16)32-22(34)15-31(26(32)35)14-21(33)29-5/h7-11H,12-15H2,1-6H3,(H,29,33). The molecular weight excluding hydrogens is 472 g/mol. The Balaban J connectivity index is 1.59. The number of carbonyl (C=O) groups excluding carboxylic acids is 3. The molecule has 0 radical (unpaired) electrons. The summed E-state index contributed by atoms with van der Waals surface area (Å²) in [5, 5.41) is 2.49. The van der Waals surface area contributed by atoms with E-state index < -0.39 is 6.03 Å². The summed E-state index contributed by atoms with van der Waals surface area (Å²) in [5.74, 6) is 0.749. The maximum atomic E-state index is 13.0. The molecule has 0 saturated carbocycles. The number of rotatable bonds is 5. The summed E-state index contributed by atoms with van der Waals surface area (Å²) in [6.07, 6.45) is 1.45. The van der Waals surface area contributed by atoms with Crippen LogP contribution >= 0.6 is 0 Å². The highest BCUT2D eigenvalue weighted by molar-refractivity contribution is 6.21. The van der Waals surface area contributed by atoms with Crippen molar-refractivity contribution in [3.05, 3.63) is 52.6 Å². The zero-order chi connectivity index (χ0) is 26.7. The Morgan fingerprint density at radius 1 is 1.16 bits per heavy atom. The molecule has 0 spiro atoms. The Bertz CT molecular complexity index is 1360. The number of nitrogens with zero attached hydrogens (tertiary/aromatic N) is 3. The number of ether oxygens (including phenoxy) is 2. The molecule has 9 heteroatoms. The van der Waals surface area contributed by atoms with Crippen LogP contribution in [0.4, 0.5) is 10.5 Å². The molecule has 3 aliphatic rings. The third kappa shape index (κ3) is 4.32. The number of anilines is 1. The smallest absolute Gasteiger partial charge is 0.332 e. The molecule has 0 aromatic heterocycles. The van der Waals surface area contributed by atoms with Gasteiger partial charge in [-0.3, -0.25) is 14.6 Å². The largest absolute Gasteiger partial charge is 0.493 e. The van der Waals surface area contributed by atoms with Gasteiger partial charge in [-0.25, -0.2) is 9.69 Å². The van der Waals surface area contributed by atoms with E-state index in [1.165, 1.54) is 11.9 Å². The van der Waals surface area contributed by atoms with Crippen LogP contribution in [-0.2, 0) is 22.4 Å². The van der Waals surface area contributed by atoms with Gasteiger partial charge in [0.05, 0.1) is 24.0 Å². The number of hydrogen-bond donors (Lipinski definition) is 1. The molecular formula is C28H32N4O5. The van der Waals surface area contributed by atoms with Gasteiger partial charge in [-0.1, -0.05) is 12.1 Å². The van der Waals surface area contributed by atoms with E-state index in [0.717, 1.165) is 50.8 Å². The Hall–Kier alpha value is -3.88. The van der Waals surface area contributed by atoms with Gasteiger partial charge in [0.1, 0.15) is 18.7 Å². The summed E-state index contributed by atoms with van der Waals surface area (Å²) >= 11 is 0. The average Bonchev–Trinajstić information content (AvgIpc) is 3.30. The number of aliphatic imine (C=N–C) groups is 1. The molecule has 1 fully saturated rings. The fourth-order valence-electron chi connectivity index (χ4n) is 5.40. The minimum Gasteiger partial charge on any atom is -0.493 e. The molecule has 2 aromatic carbocycles. The number of nitrogens with one attached hydrogen (secondary N) is 1. The molecule has 4 amide bonds. The Morgan fingerprint density at radius 3 is 2.62 bits per heavy atom. The van der Waals surface area contributed by atoms with Crippen molar-refractivity contribution < 1.29 is 23.9 Å². The highest BCUT2D eigenvalue weighted by Crippen LogP contribution is 2.48. The van der Waals surface area contributed by atoms with E-state index >= 15 is 0 Å².